The average Bonchev–Trinajstić information content (AvgIpc) is 2.77. The van der Waals surface area contributed by atoms with Crippen LogP contribution in [0.3, 0.4) is 0 Å². The maximum absolute atomic E-state index is 13.8. The van der Waals surface area contributed by atoms with E-state index in [-0.39, 0.29) is 0 Å². The summed E-state index contributed by atoms with van der Waals surface area (Å²) in [7, 11) is -1.56. The van der Waals surface area contributed by atoms with Crippen molar-refractivity contribution in [3.8, 4) is 0 Å². The molecule has 158 valence electrons. The van der Waals surface area contributed by atoms with Gasteiger partial charge in [0.2, 0.25) is 0 Å². The van der Waals surface area contributed by atoms with E-state index >= 15 is 0 Å². The lowest BCUT2D eigenvalue weighted by Gasteiger charge is -2.34. The summed E-state index contributed by atoms with van der Waals surface area (Å²) in [6.45, 7) is 6.37. The molecular formula is C24H29N3O2S. The normalized spacial score (nSPS) is 15.5. The van der Waals surface area contributed by atoms with Crippen LogP contribution in [0.1, 0.15) is 13.3 Å². The van der Waals surface area contributed by atoms with E-state index in [1.54, 1.807) is 10.4 Å². The SMILES string of the molecule is CCCN(c1cccc(N2CCN(C)CC2)c1)S(=O)(=O)c1cccc2ccccc12. The molecule has 1 heterocycles. The van der Waals surface area contributed by atoms with Gasteiger partial charge in [-0.3, -0.25) is 4.31 Å². The molecule has 0 bridgehead atoms. The van der Waals surface area contributed by atoms with Crippen LogP contribution in [0, 0.1) is 0 Å². The van der Waals surface area contributed by atoms with Gasteiger partial charge in [-0.15, -0.1) is 0 Å². The summed E-state index contributed by atoms with van der Waals surface area (Å²) in [5.74, 6) is 0. The zero-order valence-corrected chi connectivity index (χ0v) is 18.5. The second-order valence-corrected chi connectivity index (χ2v) is 9.70. The minimum atomic E-state index is -3.69. The molecule has 30 heavy (non-hydrogen) atoms. The fourth-order valence-corrected chi connectivity index (χ4v) is 5.81. The fraction of sp³-hybridized carbons (Fsp3) is 0.333. The lowest BCUT2D eigenvalue weighted by Crippen LogP contribution is -2.44. The van der Waals surface area contributed by atoms with Gasteiger partial charge < -0.3 is 9.80 Å². The Morgan fingerprint density at radius 3 is 2.37 bits per heavy atom. The third-order valence-corrected chi connectivity index (χ3v) is 7.62. The van der Waals surface area contributed by atoms with Crippen LogP contribution in [0.2, 0.25) is 0 Å². The highest BCUT2D eigenvalue weighted by Gasteiger charge is 2.27. The molecule has 3 aromatic rings. The monoisotopic (exact) mass is 423 g/mol. The Kier molecular flexibility index (Phi) is 5.97. The largest absolute Gasteiger partial charge is 0.369 e. The summed E-state index contributed by atoms with van der Waals surface area (Å²) >= 11 is 0. The van der Waals surface area contributed by atoms with Crippen LogP contribution < -0.4 is 9.21 Å². The number of piperazine rings is 1. The van der Waals surface area contributed by atoms with Gasteiger partial charge in [0.05, 0.1) is 10.6 Å². The Labute approximate surface area is 179 Å². The van der Waals surface area contributed by atoms with Gasteiger partial charge in [-0.2, -0.15) is 0 Å². The van der Waals surface area contributed by atoms with E-state index < -0.39 is 10.0 Å². The lowest BCUT2D eigenvalue weighted by molar-refractivity contribution is 0.313. The highest BCUT2D eigenvalue weighted by Crippen LogP contribution is 2.31. The predicted molar refractivity (Wildman–Crippen MR) is 125 cm³/mol. The molecule has 0 N–H and O–H groups in total. The minimum absolute atomic E-state index is 0.360. The van der Waals surface area contributed by atoms with Gasteiger partial charge in [-0.25, -0.2) is 8.42 Å². The number of benzene rings is 3. The second kappa shape index (κ2) is 8.66. The molecule has 0 spiro atoms. The standard InChI is InChI=1S/C24H29N3O2S/c1-3-14-27(22-11-7-10-21(19-22)26-17-15-25(2)16-18-26)30(28,29)24-13-6-9-20-8-4-5-12-23(20)24/h4-13,19H,3,14-18H2,1-2H3. The van der Waals surface area contributed by atoms with Crippen molar-refractivity contribution in [2.24, 2.45) is 0 Å². The zero-order chi connectivity index (χ0) is 21.1. The topological polar surface area (TPSA) is 43.9 Å². The van der Waals surface area contributed by atoms with E-state index in [1.807, 2.05) is 61.5 Å². The molecular weight excluding hydrogens is 394 g/mol. The molecule has 0 atom stereocenters. The molecule has 0 aliphatic carbocycles. The summed E-state index contributed by atoms with van der Waals surface area (Å²) in [5, 5.41) is 1.69. The van der Waals surface area contributed by atoms with Crippen LogP contribution in [-0.2, 0) is 10.0 Å². The number of rotatable bonds is 6. The Bertz CT molecular complexity index is 1120. The van der Waals surface area contributed by atoms with Crippen LogP contribution in [-0.4, -0.2) is 53.1 Å². The van der Waals surface area contributed by atoms with Crippen molar-refractivity contribution in [1.82, 2.24) is 4.90 Å². The number of likely N-dealkylation sites (N-methyl/N-ethyl adjacent to an activating group) is 1. The van der Waals surface area contributed by atoms with Gasteiger partial charge in [0.25, 0.3) is 10.0 Å². The molecule has 1 saturated heterocycles. The second-order valence-electron chi connectivity index (χ2n) is 7.86. The van der Waals surface area contributed by atoms with Gasteiger partial charge in [0.1, 0.15) is 0 Å². The van der Waals surface area contributed by atoms with Crippen LogP contribution in [0.15, 0.2) is 71.6 Å². The molecule has 3 aromatic carbocycles. The van der Waals surface area contributed by atoms with Crippen LogP contribution in [0.4, 0.5) is 11.4 Å². The first kappa shape index (κ1) is 20.7. The van der Waals surface area contributed by atoms with Crippen molar-refractivity contribution in [1.29, 1.82) is 0 Å². The van der Waals surface area contributed by atoms with E-state index in [2.05, 4.69) is 22.9 Å². The number of nitrogens with zero attached hydrogens (tertiary/aromatic N) is 3. The molecule has 0 unspecified atom stereocenters. The molecule has 1 fully saturated rings. The summed E-state index contributed by atoms with van der Waals surface area (Å²) < 4.78 is 29.1. The summed E-state index contributed by atoms with van der Waals surface area (Å²) in [6, 6.07) is 21.1. The van der Waals surface area contributed by atoms with Crippen molar-refractivity contribution >= 4 is 32.2 Å². The smallest absolute Gasteiger partial charge is 0.264 e. The number of hydrogen-bond acceptors (Lipinski definition) is 4. The van der Waals surface area contributed by atoms with Crippen molar-refractivity contribution < 1.29 is 8.42 Å². The van der Waals surface area contributed by atoms with Gasteiger partial charge in [-0.05, 0) is 43.1 Å². The summed E-state index contributed by atoms with van der Waals surface area (Å²) in [6.07, 6.45) is 0.739. The Balaban J connectivity index is 1.74. The van der Waals surface area contributed by atoms with Gasteiger partial charge in [0.15, 0.2) is 0 Å². The first-order valence-corrected chi connectivity index (χ1v) is 12.0. The van der Waals surface area contributed by atoms with E-state index in [1.165, 1.54) is 0 Å². The Morgan fingerprint density at radius 1 is 0.900 bits per heavy atom. The van der Waals surface area contributed by atoms with Crippen LogP contribution in [0.5, 0.6) is 0 Å². The van der Waals surface area contributed by atoms with Gasteiger partial charge in [0, 0.05) is 43.8 Å². The molecule has 0 saturated carbocycles. The highest BCUT2D eigenvalue weighted by molar-refractivity contribution is 7.93. The molecule has 4 rings (SSSR count). The Morgan fingerprint density at radius 2 is 1.60 bits per heavy atom. The number of fused-ring (bicyclic) bond motifs is 1. The molecule has 1 aliphatic rings. The van der Waals surface area contributed by atoms with Crippen molar-refractivity contribution in [3.63, 3.8) is 0 Å². The zero-order valence-electron chi connectivity index (χ0n) is 17.7. The fourth-order valence-electron chi connectivity index (χ4n) is 4.04. The summed E-state index contributed by atoms with van der Waals surface area (Å²) in [5.41, 5.74) is 1.80. The highest BCUT2D eigenvalue weighted by atomic mass is 32.2. The number of sulfonamides is 1. The molecule has 6 heteroatoms. The molecule has 1 aliphatic heterocycles. The maximum atomic E-state index is 13.8. The van der Waals surface area contributed by atoms with E-state index in [4.69, 9.17) is 0 Å². The first-order valence-electron chi connectivity index (χ1n) is 10.5. The van der Waals surface area contributed by atoms with E-state index in [9.17, 15) is 8.42 Å². The number of hydrogen-bond donors (Lipinski definition) is 0. The Hall–Kier alpha value is -2.57. The van der Waals surface area contributed by atoms with Crippen molar-refractivity contribution in [2.75, 3.05) is 49.0 Å². The first-order chi connectivity index (χ1) is 14.5. The molecule has 0 amide bonds. The van der Waals surface area contributed by atoms with E-state index in [0.29, 0.717) is 11.4 Å². The van der Waals surface area contributed by atoms with Crippen molar-refractivity contribution in [3.05, 3.63) is 66.7 Å². The summed E-state index contributed by atoms with van der Waals surface area (Å²) in [4.78, 5) is 5.01. The third-order valence-electron chi connectivity index (χ3n) is 5.73. The van der Waals surface area contributed by atoms with Crippen LogP contribution in [0.25, 0.3) is 10.8 Å². The number of anilines is 2. The maximum Gasteiger partial charge on any atom is 0.264 e. The molecule has 0 aromatic heterocycles. The average molecular weight is 424 g/mol. The quantitative estimate of drug-likeness (QED) is 0.596. The van der Waals surface area contributed by atoms with E-state index in [0.717, 1.165) is 54.7 Å². The predicted octanol–water partition coefficient (Wildman–Crippen LogP) is 4.20. The van der Waals surface area contributed by atoms with Crippen molar-refractivity contribution in [2.45, 2.75) is 18.2 Å². The van der Waals surface area contributed by atoms with Gasteiger partial charge >= 0.3 is 0 Å². The van der Waals surface area contributed by atoms with Gasteiger partial charge in [-0.1, -0.05) is 49.4 Å². The minimum Gasteiger partial charge on any atom is -0.369 e. The van der Waals surface area contributed by atoms with Crippen LogP contribution >= 0.6 is 0 Å². The molecule has 0 radical (unpaired) electrons. The lowest BCUT2D eigenvalue weighted by atomic mass is 10.1. The third kappa shape index (κ3) is 4.02. The molecule has 5 nitrogen and oxygen atoms in total.